The number of anilines is 1. The highest BCUT2D eigenvalue weighted by molar-refractivity contribution is 5.49. The van der Waals surface area contributed by atoms with Crippen LogP contribution in [0, 0.1) is 5.82 Å². The normalized spacial score (nSPS) is 10.2. The maximum absolute atomic E-state index is 13.4. The van der Waals surface area contributed by atoms with E-state index < -0.39 is 0 Å². The van der Waals surface area contributed by atoms with E-state index >= 15 is 0 Å². The Hall–Kier alpha value is -2.30. The van der Waals surface area contributed by atoms with Crippen molar-refractivity contribution in [2.45, 2.75) is 13.5 Å². The van der Waals surface area contributed by atoms with Crippen LogP contribution in [0.1, 0.15) is 12.5 Å². The highest BCUT2D eigenvalue weighted by Crippen LogP contribution is 2.22. The first-order valence-corrected chi connectivity index (χ1v) is 5.96. The molecule has 1 aromatic heterocycles. The van der Waals surface area contributed by atoms with Gasteiger partial charge in [0.15, 0.2) is 0 Å². The minimum absolute atomic E-state index is 0.106. The molecular formula is C14H15FN2O2. The third-order valence-corrected chi connectivity index (χ3v) is 2.48. The number of pyridine rings is 1. The first-order valence-electron chi connectivity index (χ1n) is 5.96. The maximum atomic E-state index is 13.4. The molecule has 1 aromatic carbocycles. The number of benzene rings is 1. The zero-order chi connectivity index (χ0) is 13.7. The molecule has 0 saturated heterocycles. The number of nitrogens with two attached hydrogens (primary N) is 1. The summed E-state index contributed by atoms with van der Waals surface area (Å²) in [5.74, 6) is 0.373. The Balaban J connectivity index is 2.07. The molecule has 0 aliphatic heterocycles. The first kappa shape index (κ1) is 13.1. The minimum atomic E-state index is -0.303. The van der Waals surface area contributed by atoms with Crippen LogP contribution in [0.2, 0.25) is 0 Å². The summed E-state index contributed by atoms with van der Waals surface area (Å²) in [6.45, 7) is 2.41. The molecule has 0 spiro atoms. The van der Waals surface area contributed by atoms with Gasteiger partial charge >= 0.3 is 0 Å². The molecule has 4 nitrogen and oxygen atoms in total. The lowest BCUT2D eigenvalue weighted by molar-refractivity contribution is 0.275. The molecule has 100 valence electrons. The monoisotopic (exact) mass is 262 g/mol. The van der Waals surface area contributed by atoms with Gasteiger partial charge in [0.1, 0.15) is 12.4 Å². The van der Waals surface area contributed by atoms with Gasteiger partial charge in [-0.15, -0.1) is 0 Å². The molecule has 0 aliphatic rings. The number of rotatable bonds is 5. The summed E-state index contributed by atoms with van der Waals surface area (Å²) in [5, 5.41) is 0. The van der Waals surface area contributed by atoms with E-state index in [1.54, 1.807) is 30.3 Å². The molecule has 0 amide bonds. The average molecular weight is 262 g/mol. The molecule has 19 heavy (non-hydrogen) atoms. The van der Waals surface area contributed by atoms with Crippen molar-refractivity contribution in [1.82, 2.24) is 4.98 Å². The zero-order valence-electron chi connectivity index (χ0n) is 10.6. The molecule has 0 saturated carbocycles. The van der Waals surface area contributed by atoms with Crippen LogP contribution in [-0.2, 0) is 6.61 Å². The fourth-order valence-corrected chi connectivity index (χ4v) is 1.53. The van der Waals surface area contributed by atoms with Gasteiger partial charge in [-0.3, -0.25) is 0 Å². The van der Waals surface area contributed by atoms with Crippen molar-refractivity contribution >= 4 is 5.69 Å². The molecule has 0 atom stereocenters. The molecule has 0 aliphatic carbocycles. The van der Waals surface area contributed by atoms with Crippen LogP contribution >= 0.6 is 0 Å². The Bertz CT molecular complexity index is 561. The Morgan fingerprint density at radius 3 is 2.68 bits per heavy atom. The minimum Gasteiger partial charge on any atom is -0.476 e. The summed E-state index contributed by atoms with van der Waals surface area (Å²) in [6.07, 6.45) is 0. The van der Waals surface area contributed by atoms with Gasteiger partial charge in [0, 0.05) is 11.6 Å². The van der Waals surface area contributed by atoms with Crippen molar-refractivity contribution in [3.63, 3.8) is 0 Å². The van der Waals surface area contributed by atoms with E-state index in [0.29, 0.717) is 29.6 Å². The van der Waals surface area contributed by atoms with Gasteiger partial charge in [0.25, 0.3) is 0 Å². The quantitative estimate of drug-likeness (QED) is 0.900. The van der Waals surface area contributed by atoms with Crippen molar-refractivity contribution in [1.29, 1.82) is 0 Å². The Labute approximate surface area is 111 Å². The standard InChI is InChI=1S/C14H15FN2O2/c1-2-18-14-12(16)7-8-13(17-14)19-9-10-5-3-4-6-11(10)15/h3-8H,2,9,16H2,1H3. The van der Waals surface area contributed by atoms with Crippen molar-refractivity contribution in [2.24, 2.45) is 0 Å². The van der Waals surface area contributed by atoms with Gasteiger partial charge in [-0.25, -0.2) is 4.39 Å². The number of hydrogen-bond donors (Lipinski definition) is 1. The molecule has 0 bridgehead atoms. The second-order valence-electron chi connectivity index (χ2n) is 3.86. The lowest BCUT2D eigenvalue weighted by Crippen LogP contribution is -2.03. The van der Waals surface area contributed by atoms with E-state index in [2.05, 4.69) is 4.98 Å². The van der Waals surface area contributed by atoms with Crippen LogP contribution in [0.5, 0.6) is 11.8 Å². The summed E-state index contributed by atoms with van der Waals surface area (Å²) in [6, 6.07) is 9.71. The summed E-state index contributed by atoms with van der Waals surface area (Å²) in [5.41, 5.74) is 6.62. The molecule has 0 unspecified atom stereocenters. The fraction of sp³-hybridized carbons (Fsp3) is 0.214. The van der Waals surface area contributed by atoms with Gasteiger partial charge in [0.05, 0.1) is 12.3 Å². The lowest BCUT2D eigenvalue weighted by Gasteiger charge is -2.09. The molecule has 2 aromatic rings. The maximum Gasteiger partial charge on any atom is 0.240 e. The predicted octanol–water partition coefficient (Wildman–Crippen LogP) is 2.78. The zero-order valence-corrected chi connectivity index (χ0v) is 10.6. The second-order valence-corrected chi connectivity index (χ2v) is 3.86. The molecule has 0 radical (unpaired) electrons. The van der Waals surface area contributed by atoms with Crippen LogP contribution in [0.3, 0.4) is 0 Å². The molecule has 5 heteroatoms. The van der Waals surface area contributed by atoms with Gasteiger partial charge in [-0.05, 0) is 19.1 Å². The molecular weight excluding hydrogens is 247 g/mol. The summed E-state index contributed by atoms with van der Waals surface area (Å²) >= 11 is 0. The number of aromatic nitrogens is 1. The third kappa shape index (κ3) is 3.34. The van der Waals surface area contributed by atoms with Crippen LogP contribution in [-0.4, -0.2) is 11.6 Å². The van der Waals surface area contributed by atoms with Crippen molar-refractivity contribution in [3.8, 4) is 11.8 Å². The van der Waals surface area contributed by atoms with Gasteiger partial charge < -0.3 is 15.2 Å². The predicted molar refractivity (Wildman–Crippen MR) is 70.6 cm³/mol. The number of nitrogen functional groups attached to an aromatic ring is 1. The van der Waals surface area contributed by atoms with E-state index in [4.69, 9.17) is 15.2 Å². The number of ether oxygens (including phenoxy) is 2. The SMILES string of the molecule is CCOc1nc(OCc2ccccc2F)ccc1N. The van der Waals surface area contributed by atoms with E-state index in [-0.39, 0.29) is 12.4 Å². The Morgan fingerprint density at radius 1 is 1.16 bits per heavy atom. The highest BCUT2D eigenvalue weighted by Gasteiger charge is 2.06. The number of nitrogens with zero attached hydrogens (tertiary/aromatic N) is 1. The van der Waals surface area contributed by atoms with E-state index in [0.717, 1.165) is 0 Å². The van der Waals surface area contributed by atoms with Crippen molar-refractivity contribution in [3.05, 3.63) is 47.8 Å². The second kappa shape index (κ2) is 6.04. The van der Waals surface area contributed by atoms with Crippen LogP contribution < -0.4 is 15.2 Å². The van der Waals surface area contributed by atoms with Gasteiger partial charge in [0.2, 0.25) is 11.8 Å². The molecule has 2 N–H and O–H groups in total. The van der Waals surface area contributed by atoms with Crippen LogP contribution in [0.4, 0.5) is 10.1 Å². The largest absolute Gasteiger partial charge is 0.476 e. The smallest absolute Gasteiger partial charge is 0.240 e. The fourth-order valence-electron chi connectivity index (χ4n) is 1.53. The third-order valence-electron chi connectivity index (χ3n) is 2.48. The van der Waals surface area contributed by atoms with Gasteiger partial charge in [-0.1, -0.05) is 18.2 Å². The van der Waals surface area contributed by atoms with E-state index in [1.165, 1.54) is 6.07 Å². The summed E-state index contributed by atoms with van der Waals surface area (Å²) in [7, 11) is 0. The number of hydrogen-bond acceptors (Lipinski definition) is 4. The Kier molecular flexibility index (Phi) is 4.18. The first-order chi connectivity index (χ1) is 9.20. The average Bonchev–Trinajstić information content (AvgIpc) is 2.41. The van der Waals surface area contributed by atoms with E-state index in [9.17, 15) is 4.39 Å². The summed E-state index contributed by atoms with van der Waals surface area (Å²) in [4.78, 5) is 4.11. The Morgan fingerprint density at radius 2 is 1.95 bits per heavy atom. The van der Waals surface area contributed by atoms with Crippen LogP contribution in [0.25, 0.3) is 0 Å². The molecule has 2 rings (SSSR count). The molecule has 0 fully saturated rings. The van der Waals surface area contributed by atoms with Crippen molar-refractivity contribution < 1.29 is 13.9 Å². The van der Waals surface area contributed by atoms with Crippen molar-refractivity contribution in [2.75, 3.05) is 12.3 Å². The topological polar surface area (TPSA) is 57.4 Å². The summed E-state index contributed by atoms with van der Waals surface area (Å²) < 4.78 is 24.1. The lowest BCUT2D eigenvalue weighted by atomic mass is 10.2. The highest BCUT2D eigenvalue weighted by atomic mass is 19.1. The van der Waals surface area contributed by atoms with E-state index in [1.807, 2.05) is 6.92 Å². The van der Waals surface area contributed by atoms with Crippen LogP contribution in [0.15, 0.2) is 36.4 Å². The number of halogens is 1. The molecule has 1 heterocycles. The van der Waals surface area contributed by atoms with Gasteiger partial charge in [-0.2, -0.15) is 4.98 Å².